The lowest BCUT2D eigenvalue weighted by atomic mass is 9.74. The van der Waals surface area contributed by atoms with Crippen molar-refractivity contribution in [2.45, 2.75) is 52.2 Å². The van der Waals surface area contributed by atoms with Crippen molar-refractivity contribution in [3.8, 4) is 0 Å². The van der Waals surface area contributed by atoms with Crippen molar-refractivity contribution in [1.82, 2.24) is 19.9 Å². The molecule has 7 nitrogen and oxygen atoms in total. The normalized spacial score (nSPS) is 23.7. The molecule has 0 saturated heterocycles. The molecule has 2 amide bonds. The molecule has 23 heavy (non-hydrogen) atoms. The van der Waals surface area contributed by atoms with E-state index in [4.69, 9.17) is 0 Å². The number of urea groups is 1. The number of aliphatic hydroxyl groups is 1. The van der Waals surface area contributed by atoms with Crippen molar-refractivity contribution in [2.75, 3.05) is 5.32 Å². The lowest BCUT2D eigenvalue weighted by molar-refractivity contribution is 0.0498. The average molecular weight is 317 g/mol. The van der Waals surface area contributed by atoms with Gasteiger partial charge in [-0.3, -0.25) is 0 Å². The molecular formula is C16H23N5O2. The van der Waals surface area contributed by atoms with Gasteiger partial charge in [-0.15, -0.1) is 0 Å². The highest BCUT2D eigenvalue weighted by atomic mass is 16.3. The van der Waals surface area contributed by atoms with Crippen LogP contribution in [0, 0.1) is 12.3 Å². The summed E-state index contributed by atoms with van der Waals surface area (Å²) in [5, 5.41) is 19.9. The Balaban J connectivity index is 1.63. The number of nitrogens with one attached hydrogen (secondary N) is 2. The molecule has 0 spiro atoms. The molecule has 0 aliphatic heterocycles. The van der Waals surface area contributed by atoms with Crippen molar-refractivity contribution < 1.29 is 9.90 Å². The van der Waals surface area contributed by atoms with Gasteiger partial charge >= 0.3 is 6.03 Å². The van der Waals surface area contributed by atoms with Gasteiger partial charge in [0.25, 0.3) is 0 Å². The first-order valence-corrected chi connectivity index (χ1v) is 7.88. The predicted octanol–water partition coefficient (Wildman–Crippen LogP) is 2.10. The number of hydrogen-bond donors (Lipinski definition) is 3. The van der Waals surface area contributed by atoms with Gasteiger partial charge < -0.3 is 15.7 Å². The van der Waals surface area contributed by atoms with Crippen molar-refractivity contribution in [3.63, 3.8) is 0 Å². The molecule has 3 rings (SSSR count). The van der Waals surface area contributed by atoms with E-state index in [0.717, 1.165) is 24.2 Å². The van der Waals surface area contributed by atoms with Crippen LogP contribution in [-0.2, 0) is 0 Å². The van der Waals surface area contributed by atoms with Crippen LogP contribution in [0.25, 0.3) is 5.65 Å². The van der Waals surface area contributed by atoms with Crippen molar-refractivity contribution in [1.29, 1.82) is 0 Å². The van der Waals surface area contributed by atoms with Gasteiger partial charge in [-0.05, 0) is 31.6 Å². The standard InChI is InChI=1S/C16H23N5O2/c1-10-4-14-17-8-12(9-21(14)20-10)19-15(23)18-11-5-13(22)7-16(2,3)6-11/h4,8-9,11,13,22H,5-7H2,1-3H3,(H2,18,19,23)/t11-,13+/m1/s1. The number of aliphatic hydroxyl groups excluding tert-OH is 1. The number of fused-ring (bicyclic) bond motifs is 1. The summed E-state index contributed by atoms with van der Waals surface area (Å²) >= 11 is 0. The molecular weight excluding hydrogens is 294 g/mol. The SMILES string of the molecule is Cc1cc2ncc(NC(=O)N[C@@H]3C[C@H](O)CC(C)(C)C3)cn2n1. The summed E-state index contributed by atoms with van der Waals surface area (Å²) in [4.78, 5) is 16.4. The topological polar surface area (TPSA) is 91.5 Å². The predicted molar refractivity (Wildman–Crippen MR) is 87.3 cm³/mol. The van der Waals surface area contributed by atoms with Crippen molar-refractivity contribution in [2.24, 2.45) is 5.41 Å². The highest BCUT2D eigenvalue weighted by Gasteiger charge is 2.33. The van der Waals surface area contributed by atoms with Gasteiger partial charge in [0.05, 0.1) is 29.9 Å². The van der Waals surface area contributed by atoms with Gasteiger partial charge in [0.15, 0.2) is 5.65 Å². The summed E-state index contributed by atoms with van der Waals surface area (Å²) in [5.74, 6) is 0. The summed E-state index contributed by atoms with van der Waals surface area (Å²) in [6.45, 7) is 6.12. The molecule has 1 fully saturated rings. The van der Waals surface area contributed by atoms with Crippen molar-refractivity contribution >= 4 is 17.4 Å². The first-order chi connectivity index (χ1) is 10.8. The number of hydrogen-bond acceptors (Lipinski definition) is 4. The van der Waals surface area contributed by atoms with Crippen molar-refractivity contribution in [3.05, 3.63) is 24.2 Å². The number of rotatable bonds is 2. The van der Waals surface area contributed by atoms with E-state index in [1.807, 2.05) is 13.0 Å². The minimum absolute atomic E-state index is 0.0302. The molecule has 2 aromatic heterocycles. The second-order valence-corrected chi connectivity index (χ2v) is 7.19. The molecule has 0 aromatic carbocycles. The van der Waals surface area contributed by atoms with E-state index in [0.29, 0.717) is 12.1 Å². The molecule has 2 heterocycles. The molecule has 3 N–H and O–H groups in total. The molecule has 1 aliphatic carbocycles. The fraction of sp³-hybridized carbons (Fsp3) is 0.562. The maximum atomic E-state index is 12.2. The number of aryl methyl sites for hydroxylation is 1. The summed E-state index contributed by atoms with van der Waals surface area (Å²) in [7, 11) is 0. The second kappa shape index (κ2) is 5.81. The molecule has 124 valence electrons. The van der Waals surface area contributed by atoms with E-state index >= 15 is 0 Å². The number of amides is 2. The van der Waals surface area contributed by atoms with Gasteiger partial charge in [-0.2, -0.15) is 5.10 Å². The van der Waals surface area contributed by atoms with Gasteiger partial charge in [0.2, 0.25) is 0 Å². The Morgan fingerprint density at radius 2 is 2.22 bits per heavy atom. The smallest absolute Gasteiger partial charge is 0.319 e. The van der Waals surface area contributed by atoms with Crippen LogP contribution < -0.4 is 10.6 Å². The first-order valence-electron chi connectivity index (χ1n) is 7.88. The van der Waals surface area contributed by atoms with E-state index < -0.39 is 0 Å². The van der Waals surface area contributed by atoms with Gasteiger partial charge in [-0.1, -0.05) is 13.8 Å². The quantitative estimate of drug-likeness (QED) is 0.791. The molecule has 1 aliphatic rings. The summed E-state index contributed by atoms with van der Waals surface area (Å²) in [6, 6.07) is 1.55. The highest BCUT2D eigenvalue weighted by molar-refractivity contribution is 5.89. The van der Waals surface area contributed by atoms with E-state index in [9.17, 15) is 9.90 Å². The van der Waals surface area contributed by atoms with Crippen LogP contribution in [0.2, 0.25) is 0 Å². The van der Waals surface area contributed by atoms with Crippen LogP contribution in [0.3, 0.4) is 0 Å². The monoisotopic (exact) mass is 317 g/mol. The zero-order valence-electron chi connectivity index (χ0n) is 13.7. The fourth-order valence-corrected chi connectivity index (χ4v) is 3.41. The zero-order valence-corrected chi connectivity index (χ0v) is 13.7. The van der Waals surface area contributed by atoms with E-state index in [1.165, 1.54) is 0 Å². The van der Waals surface area contributed by atoms with Crippen LogP contribution in [0.4, 0.5) is 10.5 Å². The summed E-state index contributed by atoms with van der Waals surface area (Å²) in [6.07, 6.45) is 5.18. The minimum Gasteiger partial charge on any atom is -0.393 e. The molecule has 2 aromatic rings. The maximum Gasteiger partial charge on any atom is 0.319 e. The Morgan fingerprint density at radius 3 is 2.96 bits per heavy atom. The van der Waals surface area contributed by atoms with Crippen LogP contribution in [0.1, 0.15) is 38.8 Å². The number of nitrogens with zero attached hydrogens (tertiary/aromatic N) is 3. The van der Waals surface area contributed by atoms with Gasteiger partial charge in [0.1, 0.15) is 0 Å². The minimum atomic E-state index is -0.367. The molecule has 0 radical (unpaired) electrons. The first kappa shape index (κ1) is 15.7. The molecule has 7 heteroatoms. The van der Waals surface area contributed by atoms with Crippen LogP contribution in [-0.4, -0.2) is 37.9 Å². The Labute approximate surface area is 135 Å². The average Bonchev–Trinajstić information content (AvgIpc) is 2.75. The van der Waals surface area contributed by atoms with E-state index in [-0.39, 0.29) is 23.6 Å². The molecule has 2 atom stereocenters. The number of carbonyl (C=O) groups is 1. The Hall–Kier alpha value is -2.15. The Kier molecular flexibility index (Phi) is 3.97. The highest BCUT2D eigenvalue weighted by Crippen LogP contribution is 2.35. The van der Waals surface area contributed by atoms with E-state index in [1.54, 1.807) is 16.9 Å². The third-order valence-electron chi connectivity index (χ3n) is 4.17. The summed E-state index contributed by atoms with van der Waals surface area (Å²) < 4.78 is 1.64. The molecule has 0 bridgehead atoms. The summed E-state index contributed by atoms with van der Waals surface area (Å²) in [5.41, 5.74) is 2.22. The van der Waals surface area contributed by atoms with E-state index in [2.05, 4.69) is 34.6 Å². The zero-order chi connectivity index (χ0) is 16.6. The Bertz CT molecular complexity index is 724. The lowest BCUT2D eigenvalue weighted by Gasteiger charge is -2.38. The third-order valence-corrected chi connectivity index (χ3v) is 4.17. The number of carbonyl (C=O) groups excluding carboxylic acids is 1. The largest absolute Gasteiger partial charge is 0.393 e. The fourth-order valence-electron chi connectivity index (χ4n) is 3.41. The third kappa shape index (κ3) is 3.79. The van der Waals surface area contributed by atoms with Gasteiger partial charge in [0, 0.05) is 12.1 Å². The Morgan fingerprint density at radius 1 is 1.43 bits per heavy atom. The van der Waals surface area contributed by atoms with Crippen LogP contribution in [0.5, 0.6) is 0 Å². The lowest BCUT2D eigenvalue weighted by Crippen LogP contribution is -2.46. The van der Waals surface area contributed by atoms with Gasteiger partial charge in [-0.25, -0.2) is 14.3 Å². The molecule has 1 saturated carbocycles. The number of anilines is 1. The maximum absolute atomic E-state index is 12.2. The number of aromatic nitrogens is 3. The molecule has 0 unspecified atom stereocenters. The van der Waals surface area contributed by atoms with Crippen LogP contribution >= 0.6 is 0 Å². The van der Waals surface area contributed by atoms with Crippen LogP contribution in [0.15, 0.2) is 18.5 Å². The second-order valence-electron chi connectivity index (χ2n) is 7.19.